The number of hydrogen-bond acceptors (Lipinski definition) is 4. The van der Waals surface area contributed by atoms with Gasteiger partial charge in [-0.1, -0.05) is 0 Å². The molecule has 1 amide bonds. The molecule has 0 aliphatic carbocycles. The Bertz CT molecular complexity index is 327. The van der Waals surface area contributed by atoms with E-state index in [0.717, 1.165) is 0 Å². The number of likely N-dealkylation sites (tertiary alicyclic amines) is 1. The van der Waals surface area contributed by atoms with Gasteiger partial charge in [0.25, 0.3) is 0 Å². The molecule has 1 fully saturated rings. The maximum absolute atomic E-state index is 10.6. The molecule has 76 valence electrons. The molecule has 2 aliphatic rings. The Kier molecular flexibility index (Phi) is 1.80. The molecule has 0 saturated carbocycles. The van der Waals surface area contributed by atoms with E-state index in [9.17, 15) is 9.59 Å². The fraction of sp³-hybridized carbons (Fsp3) is 0.571. The second-order valence-corrected chi connectivity index (χ2v) is 3.29. The van der Waals surface area contributed by atoms with Gasteiger partial charge in [-0.15, -0.1) is 0 Å². The number of rotatable bonds is 1. The highest BCUT2D eigenvalue weighted by atomic mass is 16.4. The van der Waals surface area contributed by atoms with E-state index in [1.54, 1.807) is 0 Å². The SMILES string of the molecule is O=C(O)C1=NC2CN(C(=O)O)CC2N1. The fourth-order valence-electron chi connectivity index (χ4n) is 1.71. The first-order valence-corrected chi connectivity index (χ1v) is 4.13. The van der Waals surface area contributed by atoms with Crippen LogP contribution in [0.2, 0.25) is 0 Å². The first-order valence-electron chi connectivity index (χ1n) is 4.13. The van der Waals surface area contributed by atoms with E-state index < -0.39 is 12.1 Å². The summed E-state index contributed by atoms with van der Waals surface area (Å²) in [6.07, 6.45) is -0.992. The van der Waals surface area contributed by atoms with Crippen LogP contribution >= 0.6 is 0 Å². The quantitative estimate of drug-likeness (QED) is 0.492. The van der Waals surface area contributed by atoms with E-state index in [-0.39, 0.29) is 24.5 Å². The molecule has 0 bridgehead atoms. The molecule has 1 saturated heterocycles. The van der Waals surface area contributed by atoms with Crippen molar-refractivity contribution in [1.29, 1.82) is 0 Å². The van der Waals surface area contributed by atoms with E-state index in [1.165, 1.54) is 4.90 Å². The van der Waals surface area contributed by atoms with E-state index in [1.807, 2.05) is 0 Å². The zero-order valence-corrected chi connectivity index (χ0v) is 7.17. The Morgan fingerprint density at radius 2 is 2.14 bits per heavy atom. The summed E-state index contributed by atoms with van der Waals surface area (Å²) in [5, 5.41) is 20.0. The molecule has 2 heterocycles. The van der Waals surface area contributed by atoms with Crippen molar-refractivity contribution in [3.63, 3.8) is 0 Å². The summed E-state index contributed by atoms with van der Waals surface area (Å²) in [5.41, 5.74) is 0. The van der Waals surface area contributed by atoms with Gasteiger partial charge in [0.1, 0.15) is 0 Å². The van der Waals surface area contributed by atoms with Gasteiger partial charge in [-0.3, -0.25) is 4.99 Å². The Morgan fingerprint density at radius 1 is 1.43 bits per heavy atom. The first-order chi connectivity index (χ1) is 6.58. The Hall–Kier alpha value is -1.79. The van der Waals surface area contributed by atoms with Crippen LogP contribution in [0.25, 0.3) is 0 Å². The van der Waals surface area contributed by atoms with E-state index >= 15 is 0 Å². The first kappa shape index (κ1) is 8.79. The summed E-state index contributed by atoms with van der Waals surface area (Å²) < 4.78 is 0. The minimum absolute atomic E-state index is 0.0648. The second-order valence-electron chi connectivity index (χ2n) is 3.29. The highest BCUT2D eigenvalue weighted by molar-refractivity contribution is 6.35. The molecule has 7 heteroatoms. The lowest BCUT2D eigenvalue weighted by molar-refractivity contribution is -0.129. The molecule has 7 nitrogen and oxygen atoms in total. The van der Waals surface area contributed by atoms with Gasteiger partial charge < -0.3 is 20.4 Å². The molecule has 2 rings (SSSR count). The van der Waals surface area contributed by atoms with Crippen LogP contribution in [0.3, 0.4) is 0 Å². The van der Waals surface area contributed by atoms with Gasteiger partial charge >= 0.3 is 12.1 Å². The highest BCUT2D eigenvalue weighted by Gasteiger charge is 2.40. The number of aliphatic carboxylic acids is 1. The van der Waals surface area contributed by atoms with Gasteiger partial charge in [-0.05, 0) is 0 Å². The third kappa shape index (κ3) is 1.26. The van der Waals surface area contributed by atoms with E-state index in [0.29, 0.717) is 6.54 Å². The minimum Gasteiger partial charge on any atom is -0.475 e. The fourth-order valence-corrected chi connectivity index (χ4v) is 1.71. The van der Waals surface area contributed by atoms with Crippen molar-refractivity contribution in [2.45, 2.75) is 12.1 Å². The third-order valence-corrected chi connectivity index (χ3v) is 2.38. The van der Waals surface area contributed by atoms with Crippen molar-refractivity contribution < 1.29 is 19.8 Å². The van der Waals surface area contributed by atoms with Crippen molar-refractivity contribution in [2.75, 3.05) is 13.1 Å². The molecule has 0 aromatic carbocycles. The largest absolute Gasteiger partial charge is 0.475 e. The van der Waals surface area contributed by atoms with Crippen molar-refractivity contribution in [2.24, 2.45) is 4.99 Å². The van der Waals surface area contributed by atoms with Crippen molar-refractivity contribution in [1.82, 2.24) is 10.2 Å². The van der Waals surface area contributed by atoms with Crippen LogP contribution in [-0.2, 0) is 4.79 Å². The van der Waals surface area contributed by atoms with Crippen LogP contribution in [0, 0.1) is 0 Å². The molecule has 3 N–H and O–H groups in total. The molecule has 0 spiro atoms. The summed E-state index contributed by atoms with van der Waals surface area (Å²) in [6.45, 7) is 0.560. The monoisotopic (exact) mass is 199 g/mol. The average molecular weight is 199 g/mol. The number of carboxylic acids is 1. The lowest BCUT2D eigenvalue weighted by Crippen LogP contribution is -2.39. The van der Waals surface area contributed by atoms with Gasteiger partial charge in [0.15, 0.2) is 0 Å². The zero-order valence-electron chi connectivity index (χ0n) is 7.17. The Labute approximate surface area is 79.0 Å². The normalized spacial score (nSPS) is 29.4. The lowest BCUT2D eigenvalue weighted by Gasteiger charge is -2.11. The predicted molar refractivity (Wildman–Crippen MR) is 45.4 cm³/mol. The molecule has 2 unspecified atom stereocenters. The molecule has 14 heavy (non-hydrogen) atoms. The zero-order chi connectivity index (χ0) is 10.3. The van der Waals surface area contributed by atoms with Crippen molar-refractivity contribution in [3.05, 3.63) is 0 Å². The topological polar surface area (TPSA) is 102 Å². The predicted octanol–water partition coefficient (Wildman–Crippen LogP) is -1.20. The average Bonchev–Trinajstić information content (AvgIpc) is 2.57. The van der Waals surface area contributed by atoms with Crippen molar-refractivity contribution in [3.8, 4) is 0 Å². The van der Waals surface area contributed by atoms with Gasteiger partial charge in [-0.25, -0.2) is 9.59 Å². The lowest BCUT2D eigenvalue weighted by atomic mass is 10.2. The smallest absolute Gasteiger partial charge is 0.407 e. The third-order valence-electron chi connectivity index (χ3n) is 2.38. The number of amidine groups is 1. The number of nitrogens with one attached hydrogen (secondary N) is 1. The van der Waals surface area contributed by atoms with Gasteiger partial charge in [0.05, 0.1) is 12.1 Å². The number of aliphatic imine (C=N–C) groups is 1. The number of nitrogens with zero attached hydrogens (tertiary/aromatic N) is 2. The van der Waals surface area contributed by atoms with Crippen LogP contribution in [0.5, 0.6) is 0 Å². The van der Waals surface area contributed by atoms with Crippen LogP contribution < -0.4 is 5.32 Å². The van der Waals surface area contributed by atoms with Gasteiger partial charge in [-0.2, -0.15) is 0 Å². The standard InChI is InChI=1S/C7H9N3O4/c11-6(12)5-8-3-1-10(7(13)14)2-4(3)9-5/h3-4H,1-2H2,(H,8,9)(H,11,12)(H,13,14). The number of carbonyl (C=O) groups is 2. The maximum Gasteiger partial charge on any atom is 0.407 e. The summed E-state index contributed by atoms with van der Waals surface area (Å²) in [6, 6.07) is -0.436. The van der Waals surface area contributed by atoms with Crippen LogP contribution in [-0.4, -0.2) is 58.2 Å². The summed E-state index contributed by atoms with van der Waals surface area (Å²) in [7, 11) is 0. The molecular weight excluding hydrogens is 190 g/mol. The summed E-state index contributed by atoms with van der Waals surface area (Å²) in [5.74, 6) is -1.16. The number of fused-ring (bicyclic) bond motifs is 1. The summed E-state index contributed by atoms with van der Waals surface area (Å²) >= 11 is 0. The molecule has 2 atom stereocenters. The number of hydrogen-bond donors (Lipinski definition) is 3. The van der Waals surface area contributed by atoms with Crippen LogP contribution in [0.1, 0.15) is 0 Å². The van der Waals surface area contributed by atoms with Gasteiger partial charge in [0.2, 0.25) is 5.84 Å². The number of amides is 1. The number of carboxylic acid groups (broad SMARTS) is 2. The van der Waals surface area contributed by atoms with E-state index in [2.05, 4.69) is 10.3 Å². The molecular formula is C7H9N3O4. The summed E-state index contributed by atoms with van der Waals surface area (Å²) in [4.78, 5) is 26.2. The van der Waals surface area contributed by atoms with Crippen molar-refractivity contribution >= 4 is 17.9 Å². The minimum atomic E-state index is -1.10. The maximum atomic E-state index is 10.6. The highest BCUT2D eigenvalue weighted by Crippen LogP contribution is 2.18. The molecule has 2 aliphatic heterocycles. The Morgan fingerprint density at radius 3 is 2.64 bits per heavy atom. The molecule has 0 aromatic rings. The molecule has 0 aromatic heterocycles. The van der Waals surface area contributed by atoms with E-state index in [4.69, 9.17) is 10.2 Å². The van der Waals surface area contributed by atoms with Crippen LogP contribution in [0.15, 0.2) is 4.99 Å². The Balaban J connectivity index is 2.06. The molecule has 0 radical (unpaired) electrons. The van der Waals surface area contributed by atoms with Crippen LogP contribution in [0.4, 0.5) is 4.79 Å². The van der Waals surface area contributed by atoms with Gasteiger partial charge in [0, 0.05) is 13.1 Å². The second kappa shape index (κ2) is 2.86.